The van der Waals surface area contributed by atoms with Crippen molar-refractivity contribution in [3.63, 3.8) is 0 Å². The van der Waals surface area contributed by atoms with Gasteiger partial charge in [-0.1, -0.05) is 6.42 Å². The minimum absolute atomic E-state index is 0.296. The second-order valence-electron chi connectivity index (χ2n) is 5.64. The van der Waals surface area contributed by atoms with Gasteiger partial charge in [-0.15, -0.1) is 0 Å². The van der Waals surface area contributed by atoms with Gasteiger partial charge in [0, 0.05) is 12.1 Å². The number of hydrogen-bond donors (Lipinski definition) is 1. The van der Waals surface area contributed by atoms with E-state index in [0.29, 0.717) is 12.0 Å². The van der Waals surface area contributed by atoms with E-state index in [-0.39, 0.29) is 0 Å². The third-order valence-electron chi connectivity index (χ3n) is 4.35. The molecule has 0 amide bonds. The van der Waals surface area contributed by atoms with Gasteiger partial charge in [0.15, 0.2) is 0 Å². The lowest BCUT2D eigenvalue weighted by molar-refractivity contribution is 0.340. The number of nitrogens with zero attached hydrogens (tertiary/aromatic N) is 1. The predicted octanol–water partition coefficient (Wildman–Crippen LogP) is 2.46. The maximum Gasteiger partial charge on any atom is 0.0672 e. The Morgan fingerprint density at radius 2 is 1.67 bits per heavy atom. The minimum atomic E-state index is 0.296. The van der Waals surface area contributed by atoms with Gasteiger partial charge in [0.05, 0.1) is 12.0 Å². The molecule has 2 unspecified atom stereocenters. The van der Waals surface area contributed by atoms with Crippen molar-refractivity contribution in [3.8, 4) is 6.07 Å². The van der Waals surface area contributed by atoms with Crippen LogP contribution in [-0.4, -0.2) is 12.1 Å². The van der Waals surface area contributed by atoms with Gasteiger partial charge in [0.1, 0.15) is 0 Å². The summed E-state index contributed by atoms with van der Waals surface area (Å²) in [6.45, 7) is 0. The molecule has 3 saturated carbocycles. The van der Waals surface area contributed by atoms with Crippen molar-refractivity contribution in [2.24, 2.45) is 17.8 Å². The summed E-state index contributed by atoms with van der Waals surface area (Å²) < 4.78 is 0. The second-order valence-corrected chi connectivity index (χ2v) is 5.64. The van der Waals surface area contributed by atoms with Crippen molar-refractivity contribution in [2.45, 2.75) is 57.0 Å². The summed E-state index contributed by atoms with van der Waals surface area (Å²) in [6, 6.07) is 3.76. The number of nitrogens with one attached hydrogen (secondary N) is 1. The summed E-state index contributed by atoms with van der Waals surface area (Å²) in [4.78, 5) is 0. The van der Waals surface area contributed by atoms with Crippen LogP contribution in [0, 0.1) is 29.1 Å². The lowest BCUT2D eigenvalue weighted by atomic mass is 10.0. The highest BCUT2D eigenvalue weighted by atomic mass is 15.0. The molecule has 3 aliphatic carbocycles. The molecule has 3 rings (SSSR count). The van der Waals surface area contributed by atoms with Crippen molar-refractivity contribution in [3.05, 3.63) is 0 Å². The zero-order valence-electron chi connectivity index (χ0n) is 9.28. The molecule has 0 aromatic rings. The molecule has 2 nitrogen and oxygen atoms in total. The highest BCUT2D eigenvalue weighted by Gasteiger charge is 2.43. The molecule has 0 saturated heterocycles. The molecule has 0 aromatic carbocycles. The van der Waals surface area contributed by atoms with E-state index in [1.807, 2.05) is 0 Å². The molecule has 82 valence electrons. The molecule has 15 heavy (non-hydrogen) atoms. The van der Waals surface area contributed by atoms with E-state index in [0.717, 1.165) is 24.3 Å². The van der Waals surface area contributed by atoms with E-state index in [9.17, 15) is 0 Å². The molecule has 0 aromatic heterocycles. The fourth-order valence-corrected chi connectivity index (χ4v) is 3.13. The van der Waals surface area contributed by atoms with E-state index in [2.05, 4.69) is 11.4 Å². The molecular weight excluding hydrogens is 184 g/mol. The first kappa shape index (κ1) is 9.66. The maximum atomic E-state index is 9.07. The van der Waals surface area contributed by atoms with Gasteiger partial charge in [-0.05, 0) is 50.4 Å². The standard InChI is InChI=1S/C13H20N2/c14-8-11-2-1-3-12(11)15-13(9-4-5-9)10-6-7-10/h9-13,15H,1-7H2. The molecule has 3 aliphatic rings. The molecule has 0 heterocycles. The molecular formula is C13H20N2. The fourth-order valence-electron chi connectivity index (χ4n) is 3.13. The highest BCUT2D eigenvalue weighted by Crippen LogP contribution is 2.45. The van der Waals surface area contributed by atoms with Crippen LogP contribution in [0.3, 0.4) is 0 Å². The maximum absolute atomic E-state index is 9.07. The molecule has 0 spiro atoms. The summed E-state index contributed by atoms with van der Waals surface area (Å²) in [6.07, 6.45) is 9.31. The van der Waals surface area contributed by atoms with Crippen LogP contribution >= 0.6 is 0 Å². The van der Waals surface area contributed by atoms with E-state index in [1.54, 1.807) is 0 Å². The van der Waals surface area contributed by atoms with Crippen LogP contribution in [0.25, 0.3) is 0 Å². The number of hydrogen-bond acceptors (Lipinski definition) is 2. The second kappa shape index (κ2) is 3.79. The van der Waals surface area contributed by atoms with E-state index in [1.165, 1.54) is 38.5 Å². The number of rotatable bonds is 4. The first-order valence-corrected chi connectivity index (χ1v) is 6.54. The topological polar surface area (TPSA) is 35.8 Å². The van der Waals surface area contributed by atoms with Crippen LogP contribution in [0.2, 0.25) is 0 Å². The van der Waals surface area contributed by atoms with Crippen LogP contribution in [0.15, 0.2) is 0 Å². The van der Waals surface area contributed by atoms with Crippen molar-refractivity contribution in [1.29, 1.82) is 5.26 Å². The third kappa shape index (κ3) is 2.03. The van der Waals surface area contributed by atoms with Gasteiger partial charge in [-0.3, -0.25) is 0 Å². The fraction of sp³-hybridized carbons (Fsp3) is 0.923. The summed E-state index contributed by atoms with van der Waals surface area (Å²) >= 11 is 0. The Balaban J connectivity index is 1.60. The third-order valence-corrected chi connectivity index (χ3v) is 4.35. The SMILES string of the molecule is N#CC1CCCC1NC(C1CC1)C1CC1. The predicted molar refractivity (Wildman–Crippen MR) is 59.1 cm³/mol. The molecule has 0 aliphatic heterocycles. The summed E-state index contributed by atoms with van der Waals surface area (Å²) in [5.74, 6) is 2.21. The Kier molecular flexibility index (Phi) is 2.44. The van der Waals surface area contributed by atoms with Crippen LogP contribution in [0.4, 0.5) is 0 Å². The molecule has 0 bridgehead atoms. The lowest BCUT2D eigenvalue weighted by Crippen LogP contribution is -2.42. The van der Waals surface area contributed by atoms with Gasteiger partial charge in [-0.2, -0.15) is 5.26 Å². The minimum Gasteiger partial charge on any atom is -0.309 e. The largest absolute Gasteiger partial charge is 0.309 e. The number of nitriles is 1. The van der Waals surface area contributed by atoms with Gasteiger partial charge < -0.3 is 5.32 Å². The van der Waals surface area contributed by atoms with E-state index >= 15 is 0 Å². The van der Waals surface area contributed by atoms with Crippen LogP contribution in [0.5, 0.6) is 0 Å². The Bertz CT molecular complexity index is 261. The summed E-state index contributed by atoms with van der Waals surface area (Å²) in [5, 5.41) is 12.9. The molecule has 2 atom stereocenters. The van der Waals surface area contributed by atoms with Gasteiger partial charge in [0.2, 0.25) is 0 Å². The van der Waals surface area contributed by atoms with Crippen molar-refractivity contribution in [2.75, 3.05) is 0 Å². The highest BCUT2D eigenvalue weighted by molar-refractivity contribution is 5.02. The zero-order chi connectivity index (χ0) is 10.3. The Hall–Kier alpha value is -0.550. The van der Waals surface area contributed by atoms with E-state index < -0.39 is 0 Å². The Labute approximate surface area is 92.0 Å². The molecule has 2 heteroatoms. The Morgan fingerprint density at radius 3 is 2.20 bits per heavy atom. The first-order chi connectivity index (χ1) is 7.38. The molecule has 3 fully saturated rings. The monoisotopic (exact) mass is 204 g/mol. The van der Waals surface area contributed by atoms with Crippen LogP contribution in [0.1, 0.15) is 44.9 Å². The van der Waals surface area contributed by atoms with Crippen molar-refractivity contribution < 1.29 is 0 Å². The van der Waals surface area contributed by atoms with Gasteiger partial charge >= 0.3 is 0 Å². The van der Waals surface area contributed by atoms with Gasteiger partial charge in [0.25, 0.3) is 0 Å². The van der Waals surface area contributed by atoms with Crippen molar-refractivity contribution in [1.82, 2.24) is 5.32 Å². The van der Waals surface area contributed by atoms with Crippen LogP contribution < -0.4 is 5.32 Å². The molecule has 1 N–H and O–H groups in total. The zero-order valence-corrected chi connectivity index (χ0v) is 9.28. The summed E-state index contributed by atoms with van der Waals surface area (Å²) in [5.41, 5.74) is 0. The van der Waals surface area contributed by atoms with Gasteiger partial charge in [-0.25, -0.2) is 0 Å². The smallest absolute Gasteiger partial charge is 0.0672 e. The normalized spacial score (nSPS) is 35.7. The molecule has 0 radical (unpaired) electrons. The van der Waals surface area contributed by atoms with E-state index in [4.69, 9.17) is 5.26 Å². The quantitative estimate of drug-likeness (QED) is 0.763. The summed E-state index contributed by atoms with van der Waals surface area (Å²) in [7, 11) is 0. The van der Waals surface area contributed by atoms with Crippen molar-refractivity contribution >= 4 is 0 Å². The Morgan fingerprint density at radius 1 is 1.00 bits per heavy atom. The first-order valence-electron chi connectivity index (χ1n) is 6.54. The average molecular weight is 204 g/mol. The van der Waals surface area contributed by atoms with Crippen LogP contribution in [-0.2, 0) is 0 Å². The average Bonchev–Trinajstić information content (AvgIpc) is 3.14. The lowest BCUT2D eigenvalue weighted by Gasteiger charge is -2.24.